The van der Waals surface area contributed by atoms with Gasteiger partial charge >= 0.3 is 0 Å². The number of pyridine rings is 1. The molecule has 0 aliphatic heterocycles. The first kappa shape index (κ1) is 19.8. The molecule has 0 fully saturated rings. The third-order valence-electron chi connectivity index (χ3n) is 4.46. The number of aromatic nitrogens is 1. The molecule has 3 aromatic rings. The molecular weight excluding hydrogens is 360 g/mol. The third kappa shape index (κ3) is 4.88. The number of allylic oxidation sites excluding steroid dienone is 1. The van der Waals surface area contributed by atoms with Crippen molar-refractivity contribution in [3.8, 4) is 11.8 Å². The lowest BCUT2D eigenvalue weighted by atomic mass is 10.00. The molecule has 1 aromatic heterocycles. The van der Waals surface area contributed by atoms with Gasteiger partial charge in [-0.05, 0) is 61.4 Å². The molecule has 0 saturated heterocycles. The summed E-state index contributed by atoms with van der Waals surface area (Å²) in [5, 5.41) is 16.7. The normalized spacial score (nSPS) is 11.3. The molecule has 5 nitrogen and oxygen atoms in total. The van der Waals surface area contributed by atoms with Crippen LogP contribution in [0.25, 0.3) is 11.3 Å². The minimum Gasteiger partial charge on any atom is -0.489 e. The lowest BCUT2D eigenvalue weighted by Crippen LogP contribution is -2.04. The van der Waals surface area contributed by atoms with E-state index in [9.17, 15) is 0 Å². The molecule has 0 radical (unpaired) electrons. The summed E-state index contributed by atoms with van der Waals surface area (Å²) >= 11 is 0. The molecule has 0 amide bonds. The van der Waals surface area contributed by atoms with Crippen LogP contribution in [0.1, 0.15) is 33.6 Å². The van der Waals surface area contributed by atoms with E-state index in [4.69, 9.17) is 21.1 Å². The summed E-state index contributed by atoms with van der Waals surface area (Å²) in [5.74, 6) is 0.682. The number of nitrogens with zero attached hydrogens (tertiary/aromatic N) is 2. The smallest absolute Gasteiger partial charge is 0.120 e. The van der Waals surface area contributed by atoms with Crippen molar-refractivity contribution in [3.63, 3.8) is 0 Å². The predicted octanol–water partition coefficient (Wildman–Crippen LogP) is 4.63. The topological polar surface area (TPSA) is 95.8 Å². The van der Waals surface area contributed by atoms with Crippen molar-refractivity contribution in [1.82, 2.24) is 4.98 Å². The van der Waals surface area contributed by atoms with E-state index >= 15 is 0 Å². The number of nitriles is 1. The van der Waals surface area contributed by atoms with Crippen molar-refractivity contribution in [2.45, 2.75) is 20.5 Å². The van der Waals surface area contributed by atoms with Crippen LogP contribution in [0.15, 0.2) is 60.7 Å². The largest absolute Gasteiger partial charge is 0.489 e. The van der Waals surface area contributed by atoms with Crippen LogP contribution in [0.3, 0.4) is 0 Å². The summed E-state index contributed by atoms with van der Waals surface area (Å²) in [6.45, 7) is 4.23. The molecule has 0 spiro atoms. The van der Waals surface area contributed by atoms with E-state index in [-0.39, 0.29) is 0 Å². The Labute approximate surface area is 170 Å². The highest BCUT2D eigenvalue weighted by atomic mass is 16.5. The van der Waals surface area contributed by atoms with Crippen molar-refractivity contribution in [3.05, 3.63) is 94.3 Å². The zero-order valence-electron chi connectivity index (χ0n) is 16.4. The summed E-state index contributed by atoms with van der Waals surface area (Å²) in [5.41, 5.74) is 12.6. The number of benzene rings is 2. The molecule has 0 saturated carbocycles. The fraction of sp³-hybridized carbons (Fsp3) is 0.125. The van der Waals surface area contributed by atoms with Crippen LogP contribution in [-0.4, -0.2) is 11.2 Å². The van der Waals surface area contributed by atoms with Gasteiger partial charge in [-0.25, -0.2) is 0 Å². The second-order valence-electron chi connectivity index (χ2n) is 6.74. The maximum absolute atomic E-state index is 8.88. The number of hydrogen-bond acceptors (Lipinski definition) is 5. The molecule has 29 heavy (non-hydrogen) atoms. The van der Waals surface area contributed by atoms with Gasteiger partial charge in [0.25, 0.3) is 0 Å². The van der Waals surface area contributed by atoms with Crippen LogP contribution in [0, 0.1) is 30.6 Å². The summed E-state index contributed by atoms with van der Waals surface area (Å²) < 4.78 is 5.89. The SMILES string of the molecule is Cc1cc(C(C=N)=C(N)c2cccc(OCc3ccc(C#N)cc3)c2)cc(C)n1. The van der Waals surface area contributed by atoms with E-state index in [1.807, 2.05) is 62.4 Å². The first-order valence-electron chi connectivity index (χ1n) is 9.18. The Kier molecular flexibility index (Phi) is 6.06. The summed E-state index contributed by atoms with van der Waals surface area (Å²) in [6, 6.07) is 20.7. The predicted molar refractivity (Wildman–Crippen MR) is 115 cm³/mol. The van der Waals surface area contributed by atoms with E-state index in [1.165, 1.54) is 6.21 Å². The summed E-state index contributed by atoms with van der Waals surface area (Å²) in [6.07, 6.45) is 1.27. The molecule has 0 unspecified atom stereocenters. The molecule has 3 N–H and O–H groups in total. The molecule has 2 aromatic carbocycles. The van der Waals surface area contributed by atoms with E-state index in [0.29, 0.717) is 29.2 Å². The third-order valence-corrected chi connectivity index (χ3v) is 4.46. The minimum atomic E-state index is 0.388. The van der Waals surface area contributed by atoms with E-state index < -0.39 is 0 Å². The average Bonchev–Trinajstić information content (AvgIpc) is 2.72. The van der Waals surface area contributed by atoms with Crippen LogP contribution < -0.4 is 10.5 Å². The minimum absolute atomic E-state index is 0.388. The van der Waals surface area contributed by atoms with Crippen LogP contribution in [0.2, 0.25) is 0 Å². The van der Waals surface area contributed by atoms with Gasteiger partial charge in [0, 0.05) is 34.4 Å². The Morgan fingerprint density at radius 3 is 2.38 bits per heavy atom. The second-order valence-corrected chi connectivity index (χ2v) is 6.74. The first-order valence-corrected chi connectivity index (χ1v) is 9.18. The summed E-state index contributed by atoms with van der Waals surface area (Å²) in [7, 11) is 0. The number of aryl methyl sites for hydroxylation is 2. The quantitative estimate of drug-likeness (QED) is 0.608. The van der Waals surface area contributed by atoms with Crippen molar-refractivity contribution < 1.29 is 4.74 Å². The Morgan fingerprint density at radius 2 is 1.76 bits per heavy atom. The summed E-state index contributed by atoms with van der Waals surface area (Å²) in [4.78, 5) is 4.38. The molecule has 0 aliphatic carbocycles. The van der Waals surface area contributed by atoms with Crippen molar-refractivity contribution in [2.75, 3.05) is 0 Å². The fourth-order valence-corrected chi connectivity index (χ4v) is 3.06. The molecule has 1 heterocycles. The van der Waals surface area contributed by atoms with Gasteiger partial charge in [0.1, 0.15) is 12.4 Å². The molecule has 5 heteroatoms. The standard InChI is InChI=1S/C24H22N4O/c1-16-10-21(11-17(2)28-16)23(14-26)24(27)20-4-3-5-22(12-20)29-15-19-8-6-18(13-25)7-9-19/h3-12,14,26H,15,27H2,1-2H3. The van der Waals surface area contributed by atoms with Crippen LogP contribution in [0.5, 0.6) is 5.75 Å². The van der Waals surface area contributed by atoms with Crippen LogP contribution in [0.4, 0.5) is 0 Å². The van der Waals surface area contributed by atoms with Gasteiger partial charge < -0.3 is 15.9 Å². The Bertz CT molecular complexity index is 1090. The van der Waals surface area contributed by atoms with Gasteiger partial charge in [-0.1, -0.05) is 24.3 Å². The average molecular weight is 382 g/mol. The van der Waals surface area contributed by atoms with Gasteiger partial charge in [-0.3, -0.25) is 4.98 Å². The maximum atomic E-state index is 8.88. The van der Waals surface area contributed by atoms with Gasteiger partial charge in [-0.2, -0.15) is 5.26 Å². The lowest BCUT2D eigenvalue weighted by molar-refractivity contribution is 0.306. The number of rotatable bonds is 6. The molecule has 3 rings (SSSR count). The number of nitrogens with one attached hydrogen (secondary N) is 1. The Balaban J connectivity index is 1.85. The number of nitrogens with two attached hydrogens (primary N) is 1. The highest BCUT2D eigenvalue weighted by molar-refractivity contribution is 6.17. The van der Waals surface area contributed by atoms with Crippen molar-refractivity contribution >= 4 is 17.5 Å². The van der Waals surface area contributed by atoms with Crippen LogP contribution in [-0.2, 0) is 6.61 Å². The zero-order valence-corrected chi connectivity index (χ0v) is 16.4. The fourth-order valence-electron chi connectivity index (χ4n) is 3.06. The van der Waals surface area contributed by atoms with E-state index in [2.05, 4.69) is 11.1 Å². The van der Waals surface area contributed by atoms with Gasteiger partial charge in [0.05, 0.1) is 11.6 Å². The van der Waals surface area contributed by atoms with E-state index in [0.717, 1.165) is 28.1 Å². The molecule has 0 bridgehead atoms. The van der Waals surface area contributed by atoms with Gasteiger partial charge in [-0.15, -0.1) is 0 Å². The van der Waals surface area contributed by atoms with E-state index in [1.54, 1.807) is 12.1 Å². The maximum Gasteiger partial charge on any atom is 0.120 e. The van der Waals surface area contributed by atoms with Crippen molar-refractivity contribution in [1.29, 1.82) is 10.7 Å². The molecular formula is C24H22N4O. The van der Waals surface area contributed by atoms with Crippen LogP contribution >= 0.6 is 0 Å². The molecule has 0 atom stereocenters. The molecule has 144 valence electrons. The highest BCUT2D eigenvalue weighted by Gasteiger charge is 2.09. The second kappa shape index (κ2) is 8.85. The zero-order chi connectivity index (χ0) is 20.8. The number of ether oxygens (including phenoxy) is 1. The van der Waals surface area contributed by atoms with Gasteiger partial charge in [0.15, 0.2) is 0 Å². The number of hydrogen-bond donors (Lipinski definition) is 2. The Hall–Kier alpha value is -3.91. The monoisotopic (exact) mass is 382 g/mol. The first-order chi connectivity index (χ1) is 14.0. The highest BCUT2D eigenvalue weighted by Crippen LogP contribution is 2.25. The van der Waals surface area contributed by atoms with Gasteiger partial charge in [0.2, 0.25) is 0 Å². The van der Waals surface area contributed by atoms with Crippen molar-refractivity contribution in [2.24, 2.45) is 5.73 Å². The molecule has 0 aliphatic rings. The Morgan fingerprint density at radius 1 is 1.07 bits per heavy atom. The lowest BCUT2D eigenvalue weighted by Gasteiger charge is -2.12.